The zero-order chi connectivity index (χ0) is 19.3. The number of likely N-dealkylation sites (N-methyl/N-ethyl adjacent to an activating group) is 1. The summed E-state index contributed by atoms with van der Waals surface area (Å²) >= 11 is 0. The van der Waals surface area contributed by atoms with Crippen LogP contribution in [0.5, 0.6) is 5.75 Å². The van der Waals surface area contributed by atoms with E-state index in [-0.39, 0.29) is 0 Å². The summed E-state index contributed by atoms with van der Waals surface area (Å²) in [4.78, 5) is 9.50. The lowest BCUT2D eigenvalue weighted by molar-refractivity contribution is 0.0938. The Morgan fingerprint density at radius 1 is 1.07 bits per heavy atom. The lowest BCUT2D eigenvalue weighted by Gasteiger charge is -2.40. The smallest absolute Gasteiger partial charge is 0.145 e. The van der Waals surface area contributed by atoms with Crippen molar-refractivity contribution < 1.29 is 4.74 Å². The molecule has 1 aromatic heterocycles. The summed E-state index contributed by atoms with van der Waals surface area (Å²) in [6.45, 7) is 5.16. The summed E-state index contributed by atoms with van der Waals surface area (Å²) in [6.07, 6.45) is 1.84. The van der Waals surface area contributed by atoms with Gasteiger partial charge in [0, 0.05) is 56.0 Å². The molecule has 0 aliphatic carbocycles. The summed E-state index contributed by atoms with van der Waals surface area (Å²) in [5, 5.41) is 4.72. The molecule has 1 saturated heterocycles. The van der Waals surface area contributed by atoms with E-state index in [1.165, 1.54) is 5.56 Å². The van der Waals surface area contributed by atoms with Crippen molar-refractivity contribution in [2.24, 2.45) is 0 Å². The van der Waals surface area contributed by atoms with Crippen LogP contribution in [-0.2, 0) is 0 Å². The lowest BCUT2D eigenvalue weighted by atomic mass is 10.0. The highest BCUT2D eigenvalue weighted by Gasteiger charge is 2.26. The zero-order valence-electron chi connectivity index (χ0n) is 16.6. The molecule has 2 aromatic carbocycles. The molecule has 0 saturated carbocycles. The van der Waals surface area contributed by atoms with Gasteiger partial charge in [-0.25, -0.2) is 0 Å². The second-order valence-electron chi connectivity index (χ2n) is 7.37. The quantitative estimate of drug-likeness (QED) is 0.711. The van der Waals surface area contributed by atoms with Crippen molar-refractivity contribution in [2.75, 3.05) is 52.2 Å². The number of nitrogens with one attached hydrogen (secondary N) is 1. The van der Waals surface area contributed by atoms with Gasteiger partial charge in [-0.1, -0.05) is 42.5 Å². The number of ether oxygens (including phenoxy) is 1. The van der Waals surface area contributed by atoms with Gasteiger partial charge < -0.3 is 15.0 Å². The summed E-state index contributed by atoms with van der Waals surface area (Å²) in [6, 6.07) is 19.4. The third-order valence-corrected chi connectivity index (χ3v) is 5.55. The van der Waals surface area contributed by atoms with Gasteiger partial charge in [-0.15, -0.1) is 0 Å². The predicted molar refractivity (Wildman–Crippen MR) is 115 cm³/mol. The average molecular weight is 377 g/mol. The number of pyridine rings is 1. The Hall–Kier alpha value is -2.63. The SMILES string of the molecule is COc1cccc2c(NCCN3CCN(C)CC3c3ccccc3)ccnc12. The predicted octanol–water partition coefficient (Wildman–Crippen LogP) is 3.64. The maximum Gasteiger partial charge on any atom is 0.145 e. The first kappa shape index (κ1) is 18.7. The second-order valence-corrected chi connectivity index (χ2v) is 7.37. The molecule has 3 aromatic rings. The van der Waals surface area contributed by atoms with Gasteiger partial charge in [0.2, 0.25) is 0 Å². The summed E-state index contributed by atoms with van der Waals surface area (Å²) in [5.74, 6) is 0.810. The molecule has 28 heavy (non-hydrogen) atoms. The van der Waals surface area contributed by atoms with Crippen molar-refractivity contribution in [3.05, 3.63) is 66.4 Å². The van der Waals surface area contributed by atoms with E-state index in [0.29, 0.717) is 6.04 Å². The number of aromatic nitrogens is 1. The van der Waals surface area contributed by atoms with Crippen LogP contribution >= 0.6 is 0 Å². The Morgan fingerprint density at radius 2 is 1.93 bits per heavy atom. The van der Waals surface area contributed by atoms with Crippen LogP contribution in [0.2, 0.25) is 0 Å². The van der Waals surface area contributed by atoms with Crippen LogP contribution < -0.4 is 10.1 Å². The summed E-state index contributed by atoms with van der Waals surface area (Å²) in [7, 11) is 3.90. The standard InChI is InChI=1S/C23H28N4O/c1-26-15-16-27(21(17-26)18-7-4-3-5-8-18)14-13-24-20-11-12-25-23-19(20)9-6-10-22(23)28-2/h3-12,21H,13-17H2,1-2H3,(H,24,25). The van der Waals surface area contributed by atoms with Gasteiger partial charge in [0.05, 0.1) is 7.11 Å². The van der Waals surface area contributed by atoms with E-state index < -0.39 is 0 Å². The molecule has 1 aliphatic heterocycles. The Labute approximate surface area is 166 Å². The number of fused-ring (bicyclic) bond motifs is 1. The molecule has 1 unspecified atom stereocenters. The van der Waals surface area contributed by atoms with Gasteiger partial charge in [-0.05, 0) is 24.7 Å². The Kier molecular flexibility index (Phi) is 5.74. The number of benzene rings is 2. The van der Waals surface area contributed by atoms with E-state index >= 15 is 0 Å². The molecule has 1 aliphatic rings. The molecule has 1 N–H and O–H groups in total. The van der Waals surface area contributed by atoms with Crippen LogP contribution in [-0.4, -0.2) is 61.7 Å². The van der Waals surface area contributed by atoms with Crippen LogP contribution in [0.15, 0.2) is 60.8 Å². The zero-order valence-corrected chi connectivity index (χ0v) is 16.6. The van der Waals surface area contributed by atoms with Crippen LogP contribution in [0.4, 0.5) is 5.69 Å². The molecule has 146 valence electrons. The van der Waals surface area contributed by atoms with Crippen LogP contribution in [0.1, 0.15) is 11.6 Å². The molecular weight excluding hydrogens is 348 g/mol. The summed E-state index contributed by atoms with van der Waals surface area (Å²) < 4.78 is 5.45. The minimum absolute atomic E-state index is 0.441. The third kappa shape index (κ3) is 3.96. The van der Waals surface area contributed by atoms with Gasteiger partial charge >= 0.3 is 0 Å². The van der Waals surface area contributed by atoms with Crippen molar-refractivity contribution in [3.63, 3.8) is 0 Å². The highest BCUT2D eigenvalue weighted by Crippen LogP contribution is 2.29. The molecule has 2 heterocycles. The fourth-order valence-corrected chi connectivity index (χ4v) is 4.02. The molecule has 0 spiro atoms. The normalized spacial score (nSPS) is 18.3. The maximum atomic E-state index is 5.45. The number of anilines is 1. The van der Waals surface area contributed by atoms with E-state index in [9.17, 15) is 0 Å². The highest BCUT2D eigenvalue weighted by molar-refractivity contribution is 5.94. The number of rotatable bonds is 6. The van der Waals surface area contributed by atoms with Gasteiger partial charge in [0.1, 0.15) is 11.3 Å². The van der Waals surface area contributed by atoms with Gasteiger partial charge in [0.15, 0.2) is 0 Å². The molecule has 1 fully saturated rings. The Morgan fingerprint density at radius 3 is 2.75 bits per heavy atom. The number of hydrogen-bond acceptors (Lipinski definition) is 5. The number of para-hydroxylation sites is 1. The topological polar surface area (TPSA) is 40.6 Å². The molecule has 4 rings (SSSR count). The van der Waals surface area contributed by atoms with Crippen LogP contribution in [0.3, 0.4) is 0 Å². The fourth-order valence-electron chi connectivity index (χ4n) is 4.02. The van der Waals surface area contributed by atoms with Crippen molar-refractivity contribution >= 4 is 16.6 Å². The lowest BCUT2D eigenvalue weighted by Crippen LogP contribution is -2.48. The molecule has 0 bridgehead atoms. The van der Waals surface area contributed by atoms with E-state index in [4.69, 9.17) is 4.74 Å². The first-order valence-electron chi connectivity index (χ1n) is 9.89. The van der Waals surface area contributed by atoms with E-state index in [1.807, 2.05) is 24.4 Å². The monoisotopic (exact) mass is 376 g/mol. The number of methoxy groups -OCH3 is 1. The Bertz CT molecular complexity index is 915. The molecule has 1 atom stereocenters. The minimum atomic E-state index is 0.441. The molecule has 5 heteroatoms. The second kappa shape index (κ2) is 8.59. The highest BCUT2D eigenvalue weighted by atomic mass is 16.5. The molecular formula is C23H28N4O. The van der Waals surface area contributed by atoms with Crippen molar-refractivity contribution in [1.29, 1.82) is 0 Å². The molecule has 0 radical (unpaired) electrons. The van der Waals surface area contributed by atoms with Crippen molar-refractivity contribution in [2.45, 2.75) is 6.04 Å². The first-order valence-corrected chi connectivity index (χ1v) is 9.89. The van der Waals surface area contributed by atoms with Gasteiger partial charge in [-0.2, -0.15) is 0 Å². The third-order valence-electron chi connectivity index (χ3n) is 5.55. The van der Waals surface area contributed by atoms with Crippen LogP contribution in [0.25, 0.3) is 10.9 Å². The van der Waals surface area contributed by atoms with E-state index in [1.54, 1.807) is 7.11 Å². The Balaban J connectivity index is 1.46. The summed E-state index contributed by atoms with van der Waals surface area (Å²) in [5.41, 5.74) is 3.40. The van der Waals surface area contributed by atoms with Crippen molar-refractivity contribution in [3.8, 4) is 5.75 Å². The maximum absolute atomic E-state index is 5.45. The first-order chi connectivity index (χ1) is 13.8. The van der Waals surface area contributed by atoms with Crippen molar-refractivity contribution in [1.82, 2.24) is 14.8 Å². The number of piperazine rings is 1. The van der Waals surface area contributed by atoms with E-state index in [2.05, 4.69) is 63.5 Å². The molecule has 0 amide bonds. The largest absolute Gasteiger partial charge is 0.494 e. The van der Waals surface area contributed by atoms with E-state index in [0.717, 1.165) is 55.1 Å². The number of hydrogen-bond donors (Lipinski definition) is 1. The van der Waals surface area contributed by atoms with Crippen LogP contribution in [0, 0.1) is 0 Å². The van der Waals surface area contributed by atoms with Gasteiger partial charge in [0.25, 0.3) is 0 Å². The fraction of sp³-hybridized carbons (Fsp3) is 0.348. The minimum Gasteiger partial charge on any atom is -0.494 e. The molecule has 5 nitrogen and oxygen atoms in total. The van der Waals surface area contributed by atoms with Gasteiger partial charge in [-0.3, -0.25) is 9.88 Å². The number of nitrogens with zero attached hydrogens (tertiary/aromatic N) is 3. The average Bonchev–Trinajstić information content (AvgIpc) is 2.75.